The van der Waals surface area contributed by atoms with Gasteiger partial charge in [-0.15, -0.1) is 0 Å². The van der Waals surface area contributed by atoms with E-state index in [1.54, 1.807) is 0 Å². The van der Waals surface area contributed by atoms with Crippen molar-refractivity contribution in [2.45, 2.75) is 65.0 Å². The monoisotopic (exact) mass is 380 g/mol. The second-order valence-electron chi connectivity index (χ2n) is 7.89. The first-order valence-corrected chi connectivity index (χ1v) is 10.2. The highest BCUT2D eigenvalue weighted by molar-refractivity contribution is 6.08. The number of aryl methyl sites for hydroxylation is 2. The SMILES string of the molecule is CCC[C@@H]1N(C(=O)c2c(C)nn(CC)c2C)CC[C@]12C(=O)Nc1ccccc12. The summed E-state index contributed by atoms with van der Waals surface area (Å²) in [6, 6.07) is 7.77. The van der Waals surface area contributed by atoms with Gasteiger partial charge in [0.1, 0.15) is 0 Å². The third kappa shape index (κ3) is 2.43. The van der Waals surface area contributed by atoms with Crippen molar-refractivity contribution in [1.29, 1.82) is 0 Å². The third-order valence-corrected chi connectivity index (χ3v) is 6.47. The topological polar surface area (TPSA) is 67.2 Å². The Balaban J connectivity index is 1.78. The van der Waals surface area contributed by atoms with E-state index in [2.05, 4.69) is 17.3 Å². The summed E-state index contributed by atoms with van der Waals surface area (Å²) >= 11 is 0. The molecule has 0 bridgehead atoms. The minimum Gasteiger partial charge on any atom is -0.334 e. The van der Waals surface area contributed by atoms with E-state index in [0.29, 0.717) is 18.5 Å². The van der Waals surface area contributed by atoms with Crippen LogP contribution in [0.1, 0.15) is 60.4 Å². The van der Waals surface area contributed by atoms with Crippen LogP contribution in [0.5, 0.6) is 0 Å². The summed E-state index contributed by atoms with van der Waals surface area (Å²) in [6.45, 7) is 9.30. The zero-order valence-corrected chi connectivity index (χ0v) is 17.1. The highest BCUT2D eigenvalue weighted by Gasteiger charge is 2.58. The van der Waals surface area contributed by atoms with Crippen molar-refractivity contribution in [3.05, 3.63) is 46.8 Å². The molecule has 2 aromatic rings. The normalized spacial score (nSPS) is 23.4. The summed E-state index contributed by atoms with van der Waals surface area (Å²) in [4.78, 5) is 28.7. The number of carbonyl (C=O) groups is 2. The van der Waals surface area contributed by atoms with E-state index in [-0.39, 0.29) is 17.9 Å². The van der Waals surface area contributed by atoms with Gasteiger partial charge in [0.05, 0.1) is 22.7 Å². The third-order valence-electron chi connectivity index (χ3n) is 6.47. The van der Waals surface area contributed by atoms with E-state index < -0.39 is 5.41 Å². The van der Waals surface area contributed by atoms with Gasteiger partial charge in [-0.05, 0) is 45.2 Å². The molecule has 0 radical (unpaired) electrons. The largest absolute Gasteiger partial charge is 0.334 e. The van der Waals surface area contributed by atoms with Gasteiger partial charge in [-0.1, -0.05) is 31.5 Å². The lowest BCUT2D eigenvalue weighted by Crippen LogP contribution is -2.48. The summed E-state index contributed by atoms with van der Waals surface area (Å²) < 4.78 is 1.88. The van der Waals surface area contributed by atoms with Gasteiger partial charge < -0.3 is 10.2 Å². The van der Waals surface area contributed by atoms with Gasteiger partial charge in [-0.2, -0.15) is 5.10 Å². The predicted octanol–water partition coefficient (Wildman–Crippen LogP) is 3.42. The highest BCUT2D eigenvalue weighted by atomic mass is 16.2. The molecule has 6 nitrogen and oxygen atoms in total. The molecule has 148 valence electrons. The molecule has 1 aromatic carbocycles. The summed E-state index contributed by atoms with van der Waals surface area (Å²) in [6.07, 6.45) is 2.37. The maximum absolute atomic E-state index is 13.6. The van der Waals surface area contributed by atoms with Gasteiger partial charge in [0.15, 0.2) is 0 Å². The van der Waals surface area contributed by atoms with Crippen LogP contribution in [-0.4, -0.2) is 39.1 Å². The standard InChI is InChI=1S/C22H28N4O2/c1-5-9-18-22(16-10-7-8-11-17(16)23-21(22)28)12-13-25(18)20(27)19-14(3)24-26(6-2)15(19)4/h7-8,10-11,18H,5-6,9,12-13H2,1-4H3,(H,23,28)/t18-,22+/m0/s1. The van der Waals surface area contributed by atoms with Gasteiger partial charge in [0.25, 0.3) is 5.91 Å². The molecular weight excluding hydrogens is 352 g/mol. The number of anilines is 1. The molecule has 1 saturated heterocycles. The molecule has 0 aliphatic carbocycles. The lowest BCUT2D eigenvalue weighted by molar-refractivity contribution is -0.121. The Morgan fingerprint density at radius 1 is 1.29 bits per heavy atom. The molecule has 1 fully saturated rings. The number of para-hydroxylation sites is 1. The number of aromatic nitrogens is 2. The maximum Gasteiger partial charge on any atom is 0.257 e. The highest BCUT2D eigenvalue weighted by Crippen LogP contribution is 2.49. The molecule has 2 aliphatic rings. The first-order valence-electron chi connectivity index (χ1n) is 10.2. The van der Waals surface area contributed by atoms with E-state index in [4.69, 9.17) is 0 Å². The van der Waals surface area contributed by atoms with Gasteiger partial charge in [0, 0.05) is 24.5 Å². The van der Waals surface area contributed by atoms with Crippen LogP contribution in [0.4, 0.5) is 5.69 Å². The van der Waals surface area contributed by atoms with Crippen molar-refractivity contribution in [3.8, 4) is 0 Å². The molecule has 3 heterocycles. The second kappa shape index (κ2) is 6.76. The summed E-state index contributed by atoms with van der Waals surface area (Å²) in [5, 5.41) is 7.58. The maximum atomic E-state index is 13.6. The quantitative estimate of drug-likeness (QED) is 0.884. The van der Waals surface area contributed by atoms with Crippen molar-refractivity contribution < 1.29 is 9.59 Å². The molecule has 1 spiro atoms. The van der Waals surface area contributed by atoms with Crippen LogP contribution in [0.15, 0.2) is 24.3 Å². The smallest absolute Gasteiger partial charge is 0.257 e. The molecule has 1 aromatic heterocycles. The summed E-state index contributed by atoms with van der Waals surface area (Å²) in [7, 11) is 0. The van der Waals surface area contributed by atoms with E-state index >= 15 is 0 Å². The van der Waals surface area contributed by atoms with Crippen LogP contribution in [0.2, 0.25) is 0 Å². The number of hydrogen-bond donors (Lipinski definition) is 1. The minimum atomic E-state index is -0.648. The predicted molar refractivity (Wildman–Crippen MR) is 108 cm³/mol. The molecule has 28 heavy (non-hydrogen) atoms. The number of fused-ring (bicyclic) bond motifs is 2. The Bertz CT molecular complexity index is 948. The fourth-order valence-corrected chi connectivity index (χ4v) is 5.18. The van der Waals surface area contributed by atoms with E-state index in [1.807, 2.05) is 54.6 Å². The number of nitrogens with zero attached hydrogens (tertiary/aromatic N) is 3. The van der Waals surface area contributed by atoms with Crippen molar-refractivity contribution in [2.75, 3.05) is 11.9 Å². The number of rotatable bonds is 4. The zero-order chi connectivity index (χ0) is 20.1. The van der Waals surface area contributed by atoms with E-state index in [0.717, 1.165) is 42.0 Å². The van der Waals surface area contributed by atoms with E-state index in [1.165, 1.54) is 0 Å². The Hall–Kier alpha value is -2.63. The van der Waals surface area contributed by atoms with Crippen LogP contribution in [0.25, 0.3) is 0 Å². The number of carbonyl (C=O) groups excluding carboxylic acids is 2. The number of amides is 2. The molecule has 2 aliphatic heterocycles. The molecule has 2 atom stereocenters. The zero-order valence-electron chi connectivity index (χ0n) is 17.1. The van der Waals surface area contributed by atoms with Crippen LogP contribution in [0.3, 0.4) is 0 Å². The number of nitrogens with one attached hydrogen (secondary N) is 1. The van der Waals surface area contributed by atoms with Crippen LogP contribution >= 0.6 is 0 Å². The Morgan fingerprint density at radius 3 is 2.71 bits per heavy atom. The van der Waals surface area contributed by atoms with Crippen molar-refractivity contribution >= 4 is 17.5 Å². The van der Waals surface area contributed by atoms with Crippen molar-refractivity contribution in [3.63, 3.8) is 0 Å². The average molecular weight is 380 g/mol. The lowest BCUT2D eigenvalue weighted by Gasteiger charge is -2.34. The number of benzene rings is 1. The Kier molecular flexibility index (Phi) is 4.52. The minimum absolute atomic E-state index is 0.00204. The number of hydrogen-bond acceptors (Lipinski definition) is 3. The van der Waals surface area contributed by atoms with Crippen LogP contribution < -0.4 is 5.32 Å². The fraction of sp³-hybridized carbons (Fsp3) is 0.500. The molecule has 1 N–H and O–H groups in total. The van der Waals surface area contributed by atoms with Gasteiger partial charge in [-0.3, -0.25) is 14.3 Å². The molecule has 0 unspecified atom stereocenters. The van der Waals surface area contributed by atoms with Gasteiger partial charge in [-0.25, -0.2) is 0 Å². The van der Waals surface area contributed by atoms with E-state index in [9.17, 15) is 9.59 Å². The first kappa shape index (κ1) is 18.7. The van der Waals surface area contributed by atoms with Crippen LogP contribution in [-0.2, 0) is 16.8 Å². The fourth-order valence-electron chi connectivity index (χ4n) is 5.18. The van der Waals surface area contributed by atoms with Gasteiger partial charge in [0.2, 0.25) is 5.91 Å². The van der Waals surface area contributed by atoms with Crippen molar-refractivity contribution in [1.82, 2.24) is 14.7 Å². The average Bonchev–Trinajstić information content (AvgIpc) is 3.29. The first-order chi connectivity index (χ1) is 13.5. The second-order valence-corrected chi connectivity index (χ2v) is 7.89. The molecule has 2 amide bonds. The molecular formula is C22H28N4O2. The van der Waals surface area contributed by atoms with Gasteiger partial charge >= 0.3 is 0 Å². The molecule has 6 heteroatoms. The lowest BCUT2D eigenvalue weighted by atomic mass is 9.73. The Labute approximate surface area is 165 Å². The van der Waals surface area contributed by atoms with Crippen LogP contribution in [0, 0.1) is 13.8 Å². The number of likely N-dealkylation sites (tertiary alicyclic amines) is 1. The molecule has 4 rings (SSSR count). The molecule has 0 saturated carbocycles. The van der Waals surface area contributed by atoms with Crippen molar-refractivity contribution in [2.24, 2.45) is 0 Å². The summed E-state index contributed by atoms with van der Waals surface area (Å²) in [5.74, 6) is 0.0300. The summed E-state index contributed by atoms with van der Waals surface area (Å²) in [5.41, 5.74) is 3.62. The Morgan fingerprint density at radius 2 is 2.04 bits per heavy atom.